The molecule has 1 aromatic carbocycles. The Morgan fingerprint density at radius 2 is 2.40 bits per heavy atom. The van der Waals surface area contributed by atoms with E-state index in [-0.39, 0.29) is 5.82 Å². The Kier molecular flexibility index (Phi) is 4.03. The minimum absolute atomic E-state index is 0.149. The maximum Gasteiger partial charge on any atom is 0.123 e. The van der Waals surface area contributed by atoms with Crippen LogP contribution in [0, 0.1) is 5.82 Å². The van der Waals surface area contributed by atoms with Crippen molar-refractivity contribution >= 4 is 11.8 Å². The monoisotopic (exact) mass is 225 g/mol. The standard InChI is InChI=1S/C12H16FNS/c13-11-4-1-3-10(7-11)8-14-9-12-5-2-6-15-12/h1,3-4,7,12,14H,2,5-6,8-9H2. The molecule has 1 aliphatic heterocycles. The van der Waals surface area contributed by atoms with Crippen molar-refractivity contribution in [1.82, 2.24) is 5.32 Å². The van der Waals surface area contributed by atoms with Gasteiger partial charge in [-0.3, -0.25) is 0 Å². The Labute approximate surface area is 94.5 Å². The van der Waals surface area contributed by atoms with Gasteiger partial charge in [0.05, 0.1) is 0 Å². The summed E-state index contributed by atoms with van der Waals surface area (Å²) in [6.07, 6.45) is 2.66. The smallest absolute Gasteiger partial charge is 0.123 e. The summed E-state index contributed by atoms with van der Waals surface area (Å²) in [6, 6.07) is 6.79. The number of hydrogen-bond donors (Lipinski definition) is 1. The van der Waals surface area contributed by atoms with Crippen LogP contribution in [0.3, 0.4) is 0 Å². The molecule has 1 heterocycles. The Bertz CT molecular complexity index is 310. The van der Waals surface area contributed by atoms with Gasteiger partial charge in [-0.15, -0.1) is 0 Å². The fraction of sp³-hybridized carbons (Fsp3) is 0.500. The van der Waals surface area contributed by atoms with Crippen LogP contribution in [0.25, 0.3) is 0 Å². The first-order valence-electron chi connectivity index (χ1n) is 5.41. The van der Waals surface area contributed by atoms with Gasteiger partial charge in [0.2, 0.25) is 0 Å². The van der Waals surface area contributed by atoms with Crippen molar-refractivity contribution in [3.05, 3.63) is 35.6 Å². The van der Waals surface area contributed by atoms with Gasteiger partial charge in [-0.05, 0) is 36.3 Å². The molecule has 2 rings (SSSR count). The number of halogens is 1. The average Bonchev–Trinajstić information content (AvgIpc) is 2.71. The van der Waals surface area contributed by atoms with Gasteiger partial charge in [-0.2, -0.15) is 11.8 Å². The van der Waals surface area contributed by atoms with Crippen LogP contribution < -0.4 is 5.32 Å². The lowest BCUT2D eigenvalue weighted by molar-refractivity contribution is 0.615. The number of hydrogen-bond acceptors (Lipinski definition) is 2. The first-order chi connectivity index (χ1) is 7.34. The Morgan fingerprint density at radius 1 is 1.47 bits per heavy atom. The molecule has 0 bridgehead atoms. The largest absolute Gasteiger partial charge is 0.312 e. The summed E-state index contributed by atoms with van der Waals surface area (Å²) < 4.78 is 12.9. The van der Waals surface area contributed by atoms with Gasteiger partial charge < -0.3 is 5.32 Å². The number of rotatable bonds is 4. The first-order valence-corrected chi connectivity index (χ1v) is 6.46. The molecule has 15 heavy (non-hydrogen) atoms. The summed E-state index contributed by atoms with van der Waals surface area (Å²) in [6.45, 7) is 1.82. The highest BCUT2D eigenvalue weighted by Crippen LogP contribution is 2.25. The van der Waals surface area contributed by atoms with E-state index in [9.17, 15) is 4.39 Å². The summed E-state index contributed by atoms with van der Waals surface area (Å²) in [7, 11) is 0. The van der Waals surface area contributed by atoms with E-state index in [0.717, 1.165) is 23.9 Å². The molecule has 1 fully saturated rings. The summed E-state index contributed by atoms with van der Waals surface area (Å²) >= 11 is 2.04. The van der Waals surface area contributed by atoms with Crippen LogP contribution in [-0.4, -0.2) is 17.5 Å². The van der Waals surface area contributed by atoms with E-state index in [1.54, 1.807) is 12.1 Å². The molecule has 1 aliphatic rings. The van der Waals surface area contributed by atoms with Crippen LogP contribution in [0.2, 0.25) is 0 Å². The van der Waals surface area contributed by atoms with Gasteiger partial charge in [0.15, 0.2) is 0 Å². The third-order valence-corrected chi connectivity index (χ3v) is 4.01. The zero-order valence-corrected chi connectivity index (χ0v) is 9.52. The molecule has 3 heteroatoms. The first kappa shape index (κ1) is 11.0. The zero-order valence-electron chi connectivity index (χ0n) is 8.71. The minimum atomic E-state index is -0.149. The SMILES string of the molecule is Fc1cccc(CNCC2CCCS2)c1. The molecule has 0 aromatic heterocycles. The maximum absolute atomic E-state index is 12.9. The lowest BCUT2D eigenvalue weighted by Gasteiger charge is -2.09. The molecule has 0 spiro atoms. The number of benzene rings is 1. The van der Waals surface area contributed by atoms with E-state index in [0.29, 0.717) is 0 Å². The van der Waals surface area contributed by atoms with Crippen molar-refractivity contribution in [1.29, 1.82) is 0 Å². The zero-order chi connectivity index (χ0) is 10.5. The van der Waals surface area contributed by atoms with Crippen molar-refractivity contribution in [2.75, 3.05) is 12.3 Å². The molecule has 0 radical (unpaired) electrons. The van der Waals surface area contributed by atoms with Gasteiger partial charge in [-0.25, -0.2) is 4.39 Å². The second-order valence-electron chi connectivity index (χ2n) is 3.90. The molecule has 1 nitrogen and oxygen atoms in total. The van der Waals surface area contributed by atoms with E-state index in [1.807, 2.05) is 17.8 Å². The second-order valence-corrected chi connectivity index (χ2v) is 5.30. The van der Waals surface area contributed by atoms with Crippen LogP contribution >= 0.6 is 11.8 Å². The normalized spacial score (nSPS) is 20.7. The lowest BCUT2D eigenvalue weighted by Crippen LogP contribution is -2.22. The van der Waals surface area contributed by atoms with Crippen molar-refractivity contribution in [3.63, 3.8) is 0 Å². The predicted molar refractivity (Wildman–Crippen MR) is 63.6 cm³/mol. The van der Waals surface area contributed by atoms with Crippen molar-refractivity contribution < 1.29 is 4.39 Å². The fourth-order valence-electron chi connectivity index (χ4n) is 1.83. The van der Waals surface area contributed by atoms with Gasteiger partial charge in [0.1, 0.15) is 5.82 Å². The maximum atomic E-state index is 12.9. The van der Waals surface area contributed by atoms with Crippen LogP contribution in [0.15, 0.2) is 24.3 Å². The number of nitrogens with one attached hydrogen (secondary N) is 1. The van der Waals surface area contributed by atoms with Crippen LogP contribution in [0.5, 0.6) is 0 Å². The summed E-state index contributed by atoms with van der Waals surface area (Å²) in [4.78, 5) is 0. The summed E-state index contributed by atoms with van der Waals surface area (Å²) in [5, 5.41) is 4.15. The van der Waals surface area contributed by atoms with E-state index in [1.165, 1.54) is 24.7 Å². The molecular formula is C12H16FNS. The molecular weight excluding hydrogens is 209 g/mol. The fourth-order valence-corrected chi connectivity index (χ4v) is 3.07. The number of thioether (sulfide) groups is 1. The van der Waals surface area contributed by atoms with Gasteiger partial charge in [0.25, 0.3) is 0 Å². The Hall–Kier alpha value is -0.540. The van der Waals surface area contributed by atoms with E-state index in [4.69, 9.17) is 0 Å². The Balaban J connectivity index is 1.73. The lowest BCUT2D eigenvalue weighted by atomic mass is 10.2. The van der Waals surface area contributed by atoms with Crippen LogP contribution in [0.4, 0.5) is 4.39 Å². The Morgan fingerprint density at radius 3 is 3.13 bits per heavy atom. The highest BCUT2D eigenvalue weighted by molar-refractivity contribution is 8.00. The molecule has 0 saturated carbocycles. The predicted octanol–water partition coefficient (Wildman–Crippen LogP) is 2.81. The molecule has 1 atom stereocenters. The molecule has 0 amide bonds. The quantitative estimate of drug-likeness (QED) is 0.845. The molecule has 1 N–H and O–H groups in total. The highest BCUT2D eigenvalue weighted by Gasteiger charge is 2.14. The van der Waals surface area contributed by atoms with Gasteiger partial charge >= 0.3 is 0 Å². The molecule has 0 aliphatic carbocycles. The molecule has 1 unspecified atom stereocenters. The van der Waals surface area contributed by atoms with Crippen molar-refractivity contribution in [2.45, 2.75) is 24.6 Å². The average molecular weight is 225 g/mol. The summed E-state index contributed by atoms with van der Waals surface area (Å²) in [5.74, 6) is 1.15. The van der Waals surface area contributed by atoms with Gasteiger partial charge in [0, 0.05) is 18.3 Å². The third-order valence-electron chi connectivity index (χ3n) is 2.61. The van der Waals surface area contributed by atoms with Crippen LogP contribution in [0.1, 0.15) is 18.4 Å². The van der Waals surface area contributed by atoms with E-state index >= 15 is 0 Å². The topological polar surface area (TPSA) is 12.0 Å². The molecule has 82 valence electrons. The van der Waals surface area contributed by atoms with E-state index < -0.39 is 0 Å². The second kappa shape index (κ2) is 5.52. The van der Waals surface area contributed by atoms with Crippen LogP contribution in [-0.2, 0) is 6.54 Å². The third kappa shape index (κ3) is 3.50. The van der Waals surface area contributed by atoms with E-state index in [2.05, 4.69) is 5.32 Å². The van der Waals surface area contributed by atoms with Crippen molar-refractivity contribution in [3.8, 4) is 0 Å². The van der Waals surface area contributed by atoms with Gasteiger partial charge in [-0.1, -0.05) is 12.1 Å². The highest BCUT2D eigenvalue weighted by atomic mass is 32.2. The minimum Gasteiger partial charge on any atom is -0.312 e. The molecule has 1 aromatic rings. The molecule has 1 saturated heterocycles. The summed E-state index contributed by atoms with van der Waals surface area (Å²) in [5.41, 5.74) is 1.03. The van der Waals surface area contributed by atoms with Crippen molar-refractivity contribution in [2.24, 2.45) is 0 Å².